The van der Waals surface area contributed by atoms with Crippen LogP contribution >= 0.6 is 0 Å². The first kappa shape index (κ1) is 35.1. The van der Waals surface area contributed by atoms with Crippen molar-refractivity contribution in [3.05, 3.63) is 202 Å². The molecular formula is C48H42O5. The number of rotatable bonds is 14. The topological polar surface area (TPSA) is 54.0 Å². The summed E-state index contributed by atoms with van der Waals surface area (Å²) in [6.07, 6.45) is 6.12. The van der Waals surface area contributed by atoms with Crippen LogP contribution in [-0.4, -0.2) is 5.78 Å². The molecule has 0 N–H and O–H groups in total. The molecule has 0 unspecified atom stereocenters. The molecule has 0 aliphatic heterocycles. The zero-order chi connectivity index (χ0) is 36.1. The number of carbonyl (C=O) groups is 1. The van der Waals surface area contributed by atoms with Crippen LogP contribution in [0.3, 0.4) is 0 Å². The molecule has 0 atom stereocenters. The van der Waals surface area contributed by atoms with Gasteiger partial charge in [-0.1, -0.05) is 121 Å². The zero-order valence-corrected chi connectivity index (χ0v) is 29.7. The van der Waals surface area contributed by atoms with Crippen molar-refractivity contribution in [1.82, 2.24) is 0 Å². The van der Waals surface area contributed by atoms with E-state index < -0.39 is 0 Å². The molecular weight excluding hydrogens is 657 g/mol. The number of benzene rings is 6. The maximum absolute atomic E-state index is 14.2. The minimum Gasteiger partial charge on any atom is -0.489 e. The summed E-state index contributed by atoms with van der Waals surface area (Å²) in [5.74, 6) is 2.82. The molecule has 6 aromatic carbocycles. The zero-order valence-electron chi connectivity index (χ0n) is 29.7. The van der Waals surface area contributed by atoms with E-state index in [9.17, 15) is 4.79 Å². The molecule has 0 bridgehead atoms. The highest BCUT2D eigenvalue weighted by Crippen LogP contribution is 2.35. The second-order valence-electron chi connectivity index (χ2n) is 13.0. The molecule has 264 valence electrons. The molecule has 1 fully saturated rings. The second-order valence-corrected chi connectivity index (χ2v) is 13.0. The maximum Gasteiger partial charge on any atom is 0.185 e. The summed E-state index contributed by atoms with van der Waals surface area (Å²) in [4.78, 5) is 14.2. The normalized spacial score (nSPS) is 14.2. The molecule has 0 spiro atoms. The van der Waals surface area contributed by atoms with Gasteiger partial charge >= 0.3 is 0 Å². The van der Waals surface area contributed by atoms with Gasteiger partial charge in [-0.25, -0.2) is 0 Å². The van der Waals surface area contributed by atoms with Crippen molar-refractivity contribution in [1.29, 1.82) is 0 Å². The van der Waals surface area contributed by atoms with Gasteiger partial charge in [0, 0.05) is 22.3 Å². The lowest BCUT2D eigenvalue weighted by Crippen LogP contribution is -2.12. The van der Waals surface area contributed by atoms with Crippen molar-refractivity contribution in [2.75, 3.05) is 0 Å². The summed E-state index contributed by atoms with van der Waals surface area (Å²) in [7, 11) is 0. The van der Waals surface area contributed by atoms with Gasteiger partial charge in [-0.15, -0.1) is 0 Å². The summed E-state index contributed by atoms with van der Waals surface area (Å²) < 4.78 is 25.0. The number of ether oxygens (including phenoxy) is 4. The molecule has 1 saturated carbocycles. The summed E-state index contributed by atoms with van der Waals surface area (Å²) in [6, 6.07) is 51.9. The van der Waals surface area contributed by atoms with E-state index in [-0.39, 0.29) is 5.78 Å². The Morgan fingerprint density at radius 1 is 0.415 bits per heavy atom. The van der Waals surface area contributed by atoms with Crippen LogP contribution in [0.25, 0.3) is 12.2 Å². The van der Waals surface area contributed by atoms with Gasteiger partial charge in [0.2, 0.25) is 0 Å². The lowest BCUT2D eigenvalue weighted by atomic mass is 9.86. The van der Waals surface area contributed by atoms with Gasteiger partial charge < -0.3 is 18.9 Å². The lowest BCUT2D eigenvalue weighted by Gasteiger charge is -2.19. The highest BCUT2D eigenvalue weighted by Gasteiger charge is 2.22. The molecule has 1 aliphatic rings. The lowest BCUT2D eigenvalue weighted by molar-refractivity contribution is -0.112. The Bertz CT molecular complexity index is 2000. The maximum atomic E-state index is 14.2. The first-order valence-corrected chi connectivity index (χ1v) is 18.1. The number of Topliss-reactive ketones (excluding diaryl/α,β-unsaturated/α-hetero) is 1. The minimum atomic E-state index is 0.0190. The molecule has 0 saturated heterocycles. The molecule has 1 aliphatic carbocycles. The Morgan fingerprint density at radius 3 is 1.11 bits per heavy atom. The smallest absolute Gasteiger partial charge is 0.185 e. The fourth-order valence-electron chi connectivity index (χ4n) is 6.23. The fraction of sp³-hybridized carbons (Fsp3) is 0.146. The van der Waals surface area contributed by atoms with Crippen molar-refractivity contribution >= 4 is 17.9 Å². The monoisotopic (exact) mass is 698 g/mol. The van der Waals surface area contributed by atoms with E-state index in [4.69, 9.17) is 18.9 Å². The molecule has 5 heteroatoms. The Kier molecular flexibility index (Phi) is 11.7. The molecule has 5 nitrogen and oxygen atoms in total. The van der Waals surface area contributed by atoms with E-state index in [1.54, 1.807) is 0 Å². The first-order valence-electron chi connectivity index (χ1n) is 18.1. The van der Waals surface area contributed by atoms with Crippen molar-refractivity contribution in [3.63, 3.8) is 0 Å². The van der Waals surface area contributed by atoms with Gasteiger partial charge in [0.05, 0.1) is 0 Å². The van der Waals surface area contributed by atoms with E-state index in [1.165, 1.54) is 0 Å². The number of hydrogen-bond donors (Lipinski definition) is 0. The molecule has 0 aromatic heterocycles. The van der Waals surface area contributed by atoms with E-state index in [2.05, 4.69) is 0 Å². The summed E-state index contributed by atoms with van der Waals surface area (Å²) in [5, 5.41) is 0. The van der Waals surface area contributed by atoms with Gasteiger partial charge in [0.1, 0.15) is 49.4 Å². The fourth-order valence-corrected chi connectivity index (χ4v) is 6.23. The summed E-state index contributed by atoms with van der Waals surface area (Å²) in [5.41, 5.74) is 7.36. The Hall–Kier alpha value is -6.33. The predicted octanol–water partition coefficient (Wildman–Crippen LogP) is 11.2. The average Bonchev–Trinajstić information content (AvgIpc) is 3.21. The van der Waals surface area contributed by atoms with E-state index in [1.807, 2.05) is 170 Å². The van der Waals surface area contributed by atoms with Gasteiger partial charge in [0.15, 0.2) is 5.78 Å². The Morgan fingerprint density at radius 2 is 0.755 bits per heavy atom. The van der Waals surface area contributed by atoms with Crippen LogP contribution in [-0.2, 0) is 31.2 Å². The van der Waals surface area contributed by atoms with Crippen LogP contribution in [0.5, 0.6) is 23.0 Å². The quantitative estimate of drug-likeness (QED) is 0.106. The summed E-state index contributed by atoms with van der Waals surface area (Å²) >= 11 is 0. The average molecular weight is 699 g/mol. The van der Waals surface area contributed by atoms with Gasteiger partial charge in [-0.05, 0) is 90.1 Å². The van der Waals surface area contributed by atoms with E-state index >= 15 is 0 Å². The van der Waals surface area contributed by atoms with Crippen molar-refractivity contribution in [2.45, 2.75) is 45.7 Å². The second kappa shape index (κ2) is 17.7. The third kappa shape index (κ3) is 9.93. The predicted molar refractivity (Wildman–Crippen MR) is 211 cm³/mol. The van der Waals surface area contributed by atoms with Crippen LogP contribution in [0.4, 0.5) is 0 Å². The van der Waals surface area contributed by atoms with Gasteiger partial charge in [-0.3, -0.25) is 4.79 Å². The number of ketones is 1. The van der Waals surface area contributed by atoms with Crippen LogP contribution in [0.1, 0.15) is 52.6 Å². The standard InChI is InChI=1S/C48H42O5/c49-48-40(28-42-30-44(50-32-36-14-5-1-6-15-36)24-26-46(42)52-34-38-18-9-3-10-19-38)22-13-23-41(48)29-43-31-45(51-33-37-16-7-2-8-17-37)25-27-47(43)53-35-39-20-11-4-12-21-39/h1-12,14-21,24-31H,13,22-23,32-35H2. The van der Waals surface area contributed by atoms with Gasteiger partial charge in [-0.2, -0.15) is 0 Å². The Balaban J connectivity index is 1.16. The molecule has 6 aromatic rings. The molecule has 0 heterocycles. The molecule has 0 amide bonds. The highest BCUT2D eigenvalue weighted by atomic mass is 16.5. The van der Waals surface area contributed by atoms with E-state index in [0.29, 0.717) is 62.3 Å². The largest absolute Gasteiger partial charge is 0.489 e. The highest BCUT2D eigenvalue weighted by molar-refractivity contribution is 6.14. The van der Waals surface area contributed by atoms with Crippen molar-refractivity contribution in [2.24, 2.45) is 0 Å². The van der Waals surface area contributed by atoms with Crippen molar-refractivity contribution in [3.8, 4) is 23.0 Å². The first-order chi connectivity index (χ1) is 26.2. The molecule has 7 rings (SSSR count). The molecule has 0 radical (unpaired) electrons. The van der Waals surface area contributed by atoms with E-state index in [0.717, 1.165) is 50.9 Å². The summed E-state index contributed by atoms with van der Waals surface area (Å²) in [6.45, 7) is 1.70. The third-order valence-electron chi connectivity index (χ3n) is 9.07. The number of hydrogen-bond acceptors (Lipinski definition) is 5. The van der Waals surface area contributed by atoms with Crippen LogP contribution in [0.15, 0.2) is 169 Å². The van der Waals surface area contributed by atoms with Crippen LogP contribution in [0.2, 0.25) is 0 Å². The number of carbonyl (C=O) groups excluding carboxylic acids is 1. The van der Waals surface area contributed by atoms with Gasteiger partial charge in [0.25, 0.3) is 0 Å². The number of allylic oxidation sites excluding steroid dienone is 2. The molecule has 53 heavy (non-hydrogen) atoms. The van der Waals surface area contributed by atoms with Crippen molar-refractivity contribution < 1.29 is 23.7 Å². The Labute approximate surface area is 311 Å². The van der Waals surface area contributed by atoms with Crippen LogP contribution < -0.4 is 18.9 Å². The van der Waals surface area contributed by atoms with Crippen LogP contribution in [0, 0.1) is 0 Å². The third-order valence-corrected chi connectivity index (χ3v) is 9.07. The SMILES string of the molecule is O=C1C(=Cc2cc(OCc3ccccc3)ccc2OCc2ccccc2)CCCC1=Cc1cc(OCc2ccccc2)ccc1OCc1ccccc1. The minimum absolute atomic E-state index is 0.0190.